The molecule has 30 heavy (non-hydrogen) atoms. The number of ether oxygens (including phenoxy) is 1. The van der Waals surface area contributed by atoms with Crippen molar-refractivity contribution in [3.8, 4) is 11.5 Å². The Morgan fingerprint density at radius 1 is 0.733 bits per heavy atom. The van der Waals surface area contributed by atoms with Gasteiger partial charge in [0.15, 0.2) is 0 Å². The van der Waals surface area contributed by atoms with Gasteiger partial charge in [-0.15, -0.1) is 0 Å². The average Bonchev–Trinajstić information content (AvgIpc) is 2.72. The topological polar surface area (TPSA) is 32.7 Å². The van der Waals surface area contributed by atoms with Crippen LogP contribution in [-0.2, 0) is 5.92 Å². The summed E-state index contributed by atoms with van der Waals surface area (Å²) >= 11 is 0. The third-order valence-corrected chi connectivity index (χ3v) is 4.31. The largest absolute Gasteiger partial charge is 0.458 e. The summed E-state index contributed by atoms with van der Waals surface area (Å²) in [4.78, 5) is 1.44. The summed E-state index contributed by atoms with van der Waals surface area (Å²) in [5.41, 5.74) is -0.626. The number of para-hydroxylation sites is 1. The SMILES string of the molecule is OCCN(c1cccc(Oc2ccccc2)c1)c1cccc(C(F)(F)C(F)(F)F)c1. The third kappa shape index (κ3) is 4.71. The normalized spacial score (nSPS) is 11.9. The maximum absolute atomic E-state index is 13.8. The van der Waals surface area contributed by atoms with Gasteiger partial charge in [-0.05, 0) is 36.4 Å². The first kappa shape index (κ1) is 21.6. The van der Waals surface area contributed by atoms with E-state index in [0.717, 1.165) is 18.2 Å². The number of anilines is 2. The third-order valence-electron chi connectivity index (χ3n) is 4.31. The fourth-order valence-electron chi connectivity index (χ4n) is 2.88. The van der Waals surface area contributed by atoms with Crippen molar-refractivity contribution in [2.75, 3.05) is 18.1 Å². The lowest BCUT2D eigenvalue weighted by molar-refractivity contribution is -0.289. The number of benzene rings is 3. The predicted molar refractivity (Wildman–Crippen MR) is 103 cm³/mol. The summed E-state index contributed by atoms with van der Waals surface area (Å²) in [7, 11) is 0. The van der Waals surface area contributed by atoms with Gasteiger partial charge in [0.2, 0.25) is 0 Å². The van der Waals surface area contributed by atoms with Crippen molar-refractivity contribution in [2.24, 2.45) is 0 Å². The molecule has 0 aliphatic carbocycles. The van der Waals surface area contributed by atoms with E-state index in [1.165, 1.54) is 11.0 Å². The van der Waals surface area contributed by atoms with Gasteiger partial charge in [0.25, 0.3) is 0 Å². The number of aliphatic hydroxyl groups excluding tert-OH is 1. The van der Waals surface area contributed by atoms with E-state index in [1.807, 2.05) is 6.07 Å². The first-order chi connectivity index (χ1) is 14.2. The summed E-state index contributed by atoms with van der Waals surface area (Å²) in [6, 6.07) is 19.5. The highest BCUT2D eigenvalue weighted by atomic mass is 19.4. The van der Waals surface area contributed by atoms with E-state index >= 15 is 0 Å². The van der Waals surface area contributed by atoms with Gasteiger partial charge in [-0.1, -0.05) is 36.4 Å². The predicted octanol–water partition coefficient (Wildman–Crippen LogP) is 6.26. The summed E-state index contributed by atoms with van der Waals surface area (Å²) in [6.07, 6.45) is -5.71. The molecule has 0 unspecified atom stereocenters. The number of halogens is 5. The van der Waals surface area contributed by atoms with E-state index < -0.39 is 17.7 Å². The minimum absolute atomic E-state index is 0.0180. The van der Waals surface area contributed by atoms with Crippen molar-refractivity contribution in [1.29, 1.82) is 0 Å². The molecule has 0 saturated heterocycles. The molecule has 0 radical (unpaired) electrons. The minimum atomic E-state index is -5.71. The van der Waals surface area contributed by atoms with Crippen LogP contribution in [0.15, 0.2) is 78.9 Å². The molecule has 3 nitrogen and oxygen atoms in total. The molecule has 0 heterocycles. The molecule has 3 aromatic carbocycles. The molecule has 0 aromatic heterocycles. The Morgan fingerprint density at radius 3 is 1.97 bits per heavy atom. The molecule has 1 N–H and O–H groups in total. The van der Waals surface area contributed by atoms with Crippen molar-refractivity contribution < 1.29 is 31.8 Å². The molecule has 3 rings (SSSR count). The molecule has 8 heteroatoms. The molecular weight excluding hydrogens is 405 g/mol. The van der Waals surface area contributed by atoms with E-state index in [9.17, 15) is 27.1 Å². The molecule has 3 aromatic rings. The van der Waals surface area contributed by atoms with Crippen molar-refractivity contribution in [1.82, 2.24) is 0 Å². The van der Waals surface area contributed by atoms with Gasteiger partial charge in [0.05, 0.1) is 6.61 Å². The van der Waals surface area contributed by atoms with E-state index in [2.05, 4.69) is 0 Å². The zero-order chi connectivity index (χ0) is 21.8. The standard InChI is InChI=1S/C22H18F5NO2/c23-21(24,22(25,26)27)16-6-4-7-17(14-16)28(12-13-29)18-8-5-11-20(15-18)30-19-9-2-1-3-10-19/h1-11,14-15,29H,12-13H2. The van der Waals surface area contributed by atoms with Gasteiger partial charge in [0.1, 0.15) is 11.5 Å². The Labute approximate surface area is 170 Å². The van der Waals surface area contributed by atoms with Crippen molar-refractivity contribution >= 4 is 11.4 Å². The number of nitrogens with zero attached hydrogens (tertiary/aromatic N) is 1. The van der Waals surface area contributed by atoms with Gasteiger partial charge >= 0.3 is 12.1 Å². The number of rotatable bonds is 7. The number of hydrogen-bond donors (Lipinski definition) is 1. The van der Waals surface area contributed by atoms with E-state index in [4.69, 9.17) is 4.74 Å². The van der Waals surface area contributed by atoms with Gasteiger partial charge in [-0.3, -0.25) is 0 Å². The molecule has 0 aliphatic heterocycles. The highest BCUT2D eigenvalue weighted by molar-refractivity contribution is 5.65. The molecule has 0 fully saturated rings. The van der Waals surface area contributed by atoms with Crippen molar-refractivity contribution in [2.45, 2.75) is 12.1 Å². The molecule has 0 spiro atoms. The zero-order valence-corrected chi connectivity index (χ0v) is 15.6. The minimum Gasteiger partial charge on any atom is -0.457 e. The van der Waals surface area contributed by atoms with Crippen molar-refractivity contribution in [3.63, 3.8) is 0 Å². The van der Waals surface area contributed by atoms with Crippen LogP contribution in [-0.4, -0.2) is 24.4 Å². The van der Waals surface area contributed by atoms with Crippen LogP contribution in [0.5, 0.6) is 11.5 Å². The van der Waals surface area contributed by atoms with Gasteiger partial charge in [-0.25, -0.2) is 0 Å². The van der Waals surface area contributed by atoms with Crippen LogP contribution in [0.25, 0.3) is 0 Å². The lowest BCUT2D eigenvalue weighted by Gasteiger charge is -2.27. The Balaban J connectivity index is 1.95. The van der Waals surface area contributed by atoms with E-state index in [-0.39, 0.29) is 18.8 Å². The summed E-state index contributed by atoms with van der Waals surface area (Å²) in [5.74, 6) is -3.97. The summed E-state index contributed by atoms with van der Waals surface area (Å²) in [6.45, 7) is -0.362. The fourth-order valence-corrected chi connectivity index (χ4v) is 2.88. The molecule has 0 saturated carbocycles. The lowest BCUT2D eigenvalue weighted by Crippen LogP contribution is -2.33. The lowest BCUT2D eigenvalue weighted by atomic mass is 10.1. The van der Waals surface area contributed by atoms with Crippen LogP contribution in [0, 0.1) is 0 Å². The first-order valence-corrected chi connectivity index (χ1v) is 8.99. The number of aliphatic hydroxyl groups is 1. The quantitative estimate of drug-likeness (QED) is 0.455. The Morgan fingerprint density at radius 2 is 1.33 bits per heavy atom. The van der Waals surface area contributed by atoms with Gasteiger partial charge < -0.3 is 14.7 Å². The monoisotopic (exact) mass is 423 g/mol. The van der Waals surface area contributed by atoms with Gasteiger partial charge in [0, 0.05) is 29.5 Å². The zero-order valence-electron chi connectivity index (χ0n) is 15.6. The summed E-state index contributed by atoms with van der Waals surface area (Å²) in [5, 5.41) is 9.42. The summed E-state index contributed by atoms with van der Waals surface area (Å²) < 4.78 is 71.6. The second-order valence-electron chi connectivity index (χ2n) is 6.41. The maximum atomic E-state index is 13.8. The van der Waals surface area contributed by atoms with Crippen LogP contribution in [0.2, 0.25) is 0 Å². The smallest absolute Gasteiger partial charge is 0.457 e. The molecule has 0 aliphatic rings. The Bertz CT molecular complexity index is 977. The molecule has 0 atom stereocenters. The highest BCUT2D eigenvalue weighted by Gasteiger charge is 2.58. The van der Waals surface area contributed by atoms with E-state index in [0.29, 0.717) is 17.2 Å². The average molecular weight is 423 g/mol. The van der Waals surface area contributed by atoms with Crippen LogP contribution in [0.3, 0.4) is 0 Å². The molecule has 158 valence electrons. The second kappa shape index (κ2) is 8.71. The van der Waals surface area contributed by atoms with Crippen LogP contribution < -0.4 is 9.64 Å². The first-order valence-electron chi connectivity index (χ1n) is 8.99. The maximum Gasteiger partial charge on any atom is 0.458 e. The number of alkyl halides is 5. The molecule has 0 bridgehead atoms. The van der Waals surface area contributed by atoms with Crippen LogP contribution in [0.4, 0.5) is 33.3 Å². The molecule has 0 amide bonds. The number of hydrogen-bond acceptors (Lipinski definition) is 3. The fraction of sp³-hybridized carbons (Fsp3) is 0.182. The Kier molecular flexibility index (Phi) is 6.26. The van der Waals surface area contributed by atoms with Crippen molar-refractivity contribution in [3.05, 3.63) is 84.4 Å². The van der Waals surface area contributed by atoms with Gasteiger partial charge in [-0.2, -0.15) is 22.0 Å². The Hall–Kier alpha value is -3.13. The van der Waals surface area contributed by atoms with Crippen LogP contribution in [0.1, 0.15) is 5.56 Å². The molecular formula is C22H18F5NO2. The second-order valence-corrected chi connectivity index (χ2v) is 6.41. The van der Waals surface area contributed by atoms with Crippen LogP contribution >= 0.6 is 0 Å². The highest BCUT2D eigenvalue weighted by Crippen LogP contribution is 2.45. The van der Waals surface area contributed by atoms with E-state index in [1.54, 1.807) is 48.5 Å².